The predicted molar refractivity (Wildman–Crippen MR) is 131 cm³/mol. The van der Waals surface area contributed by atoms with Crippen molar-refractivity contribution in [3.8, 4) is 11.5 Å². The topological polar surface area (TPSA) is 84.9 Å². The average Bonchev–Trinajstić information content (AvgIpc) is 3.11. The van der Waals surface area contributed by atoms with Gasteiger partial charge in [-0.2, -0.15) is 0 Å². The molecule has 1 N–H and O–H groups in total. The van der Waals surface area contributed by atoms with Crippen LogP contribution < -0.4 is 14.8 Å². The van der Waals surface area contributed by atoms with Gasteiger partial charge in [-0.05, 0) is 77.5 Å². The summed E-state index contributed by atoms with van der Waals surface area (Å²) in [5, 5.41) is 2.14. The van der Waals surface area contributed by atoms with E-state index >= 15 is 0 Å². The Morgan fingerprint density at radius 1 is 1.03 bits per heavy atom. The van der Waals surface area contributed by atoms with E-state index in [-0.39, 0.29) is 23.9 Å². The van der Waals surface area contributed by atoms with Crippen molar-refractivity contribution in [2.75, 3.05) is 19.0 Å². The second-order valence-electron chi connectivity index (χ2n) is 7.53. The number of anilines is 1. The number of ether oxygens (including phenoxy) is 2. The number of methoxy groups -OCH3 is 1. The molecule has 3 aromatic rings. The second kappa shape index (κ2) is 10.9. The molecule has 178 valence electrons. The van der Waals surface area contributed by atoms with Crippen molar-refractivity contribution in [2.45, 2.75) is 6.61 Å². The molecule has 9 heteroatoms. The van der Waals surface area contributed by atoms with Crippen LogP contribution in [-0.2, 0) is 16.2 Å². The van der Waals surface area contributed by atoms with Crippen molar-refractivity contribution in [3.05, 3.63) is 94.6 Å². The highest BCUT2D eigenvalue weighted by Gasteiger charge is 2.36. The van der Waals surface area contributed by atoms with E-state index in [2.05, 4.69) is 5.32 Å². The molecule has 1 aliphatic rings. The molecular formula is C26H21FN2O5S. The van der Waals surface area contributed by atoms with Crippen LogP contribution in [0.25, 0.3) is 6.08 Å². The monoisotopic (exact) mass is 492 g/mol. The number of carbonyl (C=O) groups is 3. The van der Waals surface area contributed by atoms with Gasteiger partial charge in [0.15, 0.2) is 0 Å². The van der Waals surface area contributed by atoms with Gasteiger partial charge in [0.25, 0.3) is 11.1 Å². The molecule has 1 fully saturated rings. The molecule has 0 aliphatic carbocycles. The first-order chi connectivity index (χ1) is 16.9. The maximum absolute atomic E-state index is 13.3. The van der Waals surface area contributed by atoms with Crippen LogP contribution in [0.4, 0.5) is 14.9 Å². The zero-order valence-electron chi connectivity index (χ0n) is 18.7. The normalized spacial score (nSPS) is 14.3. The third-order valence-corrected chi connectivity index (χ3v) is 5.93. The molecule has 0 atom stereocenters. The Hall–Kier alpha value is -4.11. The van der Waals surface area contributed by atoms with E-state index in [1.165, 1.54) is 12.1 Å². The summed E-state index contributed by atoms with van der Waals surface area (Å²) in [5.74, 6) is -0.122. The zero-order chi connectivity index (χ0) is 24.8. The number of benzene rings is 3. The fourth-order valence-electron chi connectivity index (χ4n) is 3.26. The Kier molecular flexibility index (Phi) is 7.47. The lowest BCUT2D eigenvalue weighted by Crippen LogP contribution is -2.36. The fourth-order valence-corrected chi connectivity index (χ4v) is 4.10. The van der Waals surface area contributed by atoms with Crippen molar-refractivity contribution >= 4 is 40.6 Å². The summed E-state index contributed by atoms with van der Waals surface area (Å²) in [7, 11) is 1.54. The average molecular weight is 493 g/mol. The molecule has 1 aliphatic heterocycles. The van der Waals surface area contributed by atoms with Gasteiger partial charge in [-0.3, -0.25) is 19.3 Å². The highest BCUT2D eigenvalue weighted by molar-refractivity contribution is 8.18. The van der Waals surface area contributed by atoms with E-state index < -0.39 is 17.1 Å². The Bertz CT molecular complexity index is 1280. The number of rotatable bonds is 8. The smallest absolute Gasteiger partial charge is 0.294 e. The van der Waals surface area contributed by atoms with E-state index in [9.17, 15) is 18.8 Å². The number of imide groups is 1. The highest BCUT2D eigenvalue weighted by atomic mass is 32.2. The number of thioether (sulfide) groups is 1. The second-order valence-corrected chi connectivity index (χ2v) is 8.53. The zero-order valence-corrected chi connectivity index (χ0v) is 19.5. The van der Waals surface area contributed by atoms with E-state index in [1.54, 1.807) is 73.8 Å². The molecule has 3 amide bonds. The molecular weight excluding hydrogens is 471 g/mol. The van der Waals surface area contributed by atoms with Gasteiger partial charge in [-0.15, -0.1) is 0 Å². The van der Waals surface area contributed by atoms with Gasteiger partial charge in [-0.1, -0.05) is 24.3 Å². The van der Waals surface area contributed by atoms with E-state index in [0.29, 0.717) is 28.3 Å². The SMILES string of the molecule is COc1ccc(NC(=O)CN2C(=O)S/C(=C/c3ccc(OCc4cccc(F)c4)cc3)C2=O)cc1. The molecule has 0 spiro atoms. The Labute approximate surface area is 205 Å². The lowest BCUT2D eigenvalue weighted by Gasteiger charge is -2.12. The van der Waals surface area contributed by atoms with Crippen molar-refractivity contribution in [3.63, 3.8) is 0 Å². The quantitative estimate of drug-likeness (QED) is 0.441. The Morgan fingerprint density at radius 3 is 2.43 bits per heavy atom. The number of halogens is 1. The van der Waals surface area contributed by atoms with E-state index in [1.807, 2.05) is 0 Å². The first kappa shape index (κ1) is 24.0. The summed E-state index contributed by atoms with van der Waals surface area (Å²) < 4.78 is 24.0. The summed E-state index contributed by atoms with van der Waals surface area (Å²) in [6.45, 7) is -0.171. The van der Waals surface area contributed by atoms with Crippen LogP contribution in [0, 0.1) is 5.82 Å². The van der Waals surface area contributed by atoms with Crippen molar-refractivity contribution in [1.82, 2.24) is 4.90 Å². The van der Waals surface area contributed by atoms with E-state index in [0.717, 1.165) is 16.7 Å². The minimum Gasteiger partial charge on any atom is -0.497 e. The number of hydrogen-bond donors (Lipinski definition) is 1. The van der Waals surface area contributed by atoms with Gasteiger partial charge in [0.05, 0.1) is 12.0 Å². The Morgan fingerprint density at radius 2 is 1.74 bits per heavy atom. The van der Waals surface area contributed by atoms with Crippen LogP contribution in [0.3, 0.4) is 0 Å². The molecule has 1 heterocycles. The third-order valence-electron chi connectivity index (χ3n) is 5.02. The van der Waals surface area contributed by atoms with Gasteiger partial charge in [0, 0.05) is 5.69 Å². The molecule has 7 nitrogen and oxygen atoms in total. The number of nitrogens with one attached hydrogen (secondary N) is 1. The van der Waals surface area contributed by atoms with Gasteiger partial charge in [0.2, 0.25) is 5.91 Å². The molecule has 0 bridgehead atoms. The van der Waals surface area contributed by atoms with Crippen LogP contribution in [0.2, 0.25) is 0 Å². The number of nitrogens with zero attached hydrogens (tertiary/aromatic N) is 1. The molecule has 3 aromatic carbocycles. The van der Waals surface area contributed by atoms with Gasteiger partial charge < -0.3 is 14.8 Å². The summed E-state index contributed by atoms with van der Waals surface area (Å²) in [6, 6.07) is 19.8. The van der Waals surface area contributed by atoms with Gasteiger partial charge >= 0.3 is 0 Å². The molecule has 0 unspecified atom stereocenters. The standard InChI is InChI=1S/C26H21FN2O5S/c1-33-21-11-7-20(8-12-21)28-24(30)15-29-25(31)23(35-26(29)32)14-17-5-9-22(10-6-17)34-16-18-3-2-4-19(27)13-18/h2-14H,15-16H2,1H3,(H,28,30)/b23-14+. The summed E-state index contributed by atoms with van der Waals surface area (Å²) in [5.41, 5.74) is 1.92. The largest absolute Gasteiger partial charge is 0.497 e. The van der Waals surface area contributed by atoms with Crippen molar-refractivity contribution < 1.29 is 28.2 Å². The first-order valence-corrected chi connectivity index (χ1v) is 11.4. The highest BCUT2D eigenvalue weighted by Crippen LogP contribution is 2.32. The molecule has 0 aromatic heterocycles. The summed E-state index contributed by atoms with van der Waals surface area (Å²) in [6.07, 6.45) is 1.59. The minimum absolute atomic E-state index is 0.217. The van der Waals surface area contributed by atoms with Crippen molar-refractivity contribution in [2.24, 2.45) is 0 Å². The number of carbonyl (C=O) groups excluding carboxylic acids is 3. The molecule has 4 rings (SSSR count). The fraction of sp³-hybridized carbons (Fsp3) is 0.115. The lowest BCUT2D eigenvalue weighted by molar-refractivity contribution is -0.127. The maximum Gasteiger partial charge on any atom is 0.294 e. The van der Waals surface area contributed by atoms with Crippen LogP contribution in [-0.4, -0.2) is 35.6 Å². The molecule has 0 saturated carbocycles. The molecule has 1 saturated heterocycles. The number of hydrogen-bond acceptors (Lipinski definition) is 6. The third kappa shape index (κ3) is 6.27. The Balaban J connectivity index is 1.34. The maximum atomic E-state index is 13.3. The predicted octanol–water partition coefficient (Wildman–Crippen LogP) is 5.09. The van der Waals surface area contributed by atoms with Gasteiger partial charge in [0.1, 0.15) is 30.5 Å². The van der Waals surface area contributed by atoms with Gasteiger partial charge in [-0.25, -0.2) is 4.39 Å². The van der Waals surface area contributed by atoms with Crippen LogP contribution in [0.15, 0.2) is 77.7 Å². The first-order valence-electron chi connectivity index (χ1n) is 10.6. The summed E-state index contributed by atoms with van der Waals surface area (Å²) in [4.78, 5) is 38.5. The molecule has 0 radical (unpaired) electrons. The minimum atomic E-state index is -0.531. The van der Waals surface area contributed by atoms with Crippen LogP contribution in [0.1, 0.15) is 11.1 Å². The molecule has 35 heavy (non-hydrogen) atoms. The van der Waals surface area contributed by atoms with E-state index in [4.69, 9.17) is 9.47 Å². The number of amides is 3. The van der Waals surface area contributed by atoms with Crippen LogP contribution >= 0.6 is 11.8 Å². The lowest BCUT2D eigenvalue weighted by atomic mass is 10.2. The van der Waals surface area contributed by atoms with Crippen molar-refractivity contribution in [1.29, 1.82) is 0 Å². The van der Waals surface area contributed by atoms with Crippen LogP contribution in [0.5, 0.6) is 11.5 Å². The summed E-state index contributed by atoms with van der Waals surface area (Å²) >= 11 is 0.778.